The van der Waals surface area contributed by atoms with E-state index in [-0.39, 0.29) is 19.5 Å². The van der Waals surface area contributed by atoms with Gasteiger partial charge in [0, 0.05) is 6.54 Å². The van der Waals surface area contributed by atoms with E-state index in [4.69, 9.17) is 10.8 Å². The number of hydrogen-bond acceptors (Lipinski definition) is 3. The van der Waals surface area contributed by atoms with Crippen LogP contribution in [0.5, 0.6) is 0 Å². The smallest absolute Gasteiger partial charge is 0.326 e. The van der Waals surface area contributed by atoms with Crippen LogP contribution >= 0.6 is 0 Å². The minimum absolute atomic E-state index is 0.224. The summed E-state index contributed by atoms with van der Waals surface area (Å²) in [5, 5.41) is 11.0. The molecule has 92 valence electrons. The molecule has 16 heavy (non-hydrogen) atoms. The molecule has 0 heterocycles. The Labute approximate surface area is 93.6 Å². The topological polar surface area (TPSA) is 113 Å². The van der Waals surface area contributed by atoms with Crippen LogP contribution in [-0.2, 0) is 9.59 Å². The minimum atomic E-state index is -1.11. The van der Waals surface area contributed by atoms with E-state index in [0.717, 1.165) is 4.90 Å². The molecule has 1 atom stereocenters. The summed E-state index contributed by atoms with van der Waals surface area (Å²) in [6.07, 6.45) is 0.273. The molecule has 0 rings (SSSR count). The van der Waals surface area contributed by atoms with Crippen LogP contribution < -0.4 is 11.1 Å². The molecule has 0 aromatic rings. The Bertz CT molecular complexity index is 280. The van der Waals surface area contributed by atoms with Crippen molar-refractivity contribution in [1.29, 1.82) is 0 Å². The fourth-order valence-electron chi connectivity index (χ4n) is 1.09. The van der Waals surface area contributed by atoms with Crippen LogP contribution in [-0.4, -0.2) is 47.0 Å². The number of carboxylic acids is 1. The second kappa shape index (κ2) is 6.65. The van der Waals surface area contributed by atoms with Crippen LogP contribution in [0, 0.1) is 0 Å². The van der Waals surface area contributed by atoms with Crippen molar-refractivity contribution in [1.82, 2.24) is 10.2 Å². The molecule has 0 spiro atoms. The van der Waals surface area contributed by atoms with Gasteiger partial charge in [0.15, 0.2) is 0 Å². The van der Waals surface area contributed by atoms with E-state index in [0.29, 0.717) is 0 Å². The van der Waals surface area contributed by atoms with E-state index in [1.165, 1.54) is 0 Å². The van der Waals surface area contributed by atoms with Gasteiger partial charge >= 0.3 is 12.0 Å². The number of aliphatic carboxylic acids is 1. The number of urea groups is 1. The molecule has 0 bridgehead atoms. The Morgan fingerprint density at radius 1 is 1.38 bits per heavy atom. The average molecular weight is 231 g/mol. The van der Waals surface area contributed by atoms with Gasteiger partial charge in [-0.15, -0.1) is 0 Å². The molecule has 3 amide bonds. The summed E-state index contributed by atoms with van der Waals surface area (Å²) < 4.78 is 0. The fraction of sp³-hybridized carbons (Fsp3) is 0.667. The average Bonchev–Trinajstić information content (AvgIpc) is 2.21. The fourth-order valence-corrected chi connectivity index (χ4v) is 1.09. The monoisotopic (exact) mass is 231 g/mol. The number of rotatable bonds is 6. The van der Waals surface area contributed by atoms with E-state index < -0.39 is 23.9 Å². The zero-order valence-corrected chi connectivity index (χ0v) is 9.40. The highest BCUT2D eigenvalue weighted by Gasteiger charge is 2.21. The molecule has 7 heteroatoms. The summed E-state index contributed by atoms with van der Waals surface area (Å²) in [5.41, 5.74) is 4.95. The molecule has 4 N–H and O–H groups in total. The van der Waals surface area contributed by atoms with E-state index >= 15 is 0 Å². The normalized spacial score (nSPS) is 11.6. The molecule has 0 saturated carbocycles. The van der Waals surface area contributed by atoms with Gasteiger partial charge in [0.05, 0.1) is 0 Å². The van der Waals surface area contributed by atoms with Crippen LogP contribution in [0.25, 0.3) is 0 Å². The third-order valence-electron chi connectivity index (χ3n) is 2.02. The standard InChI is InChI=1S/C9H17N3O4/c1-3-6(8(14)15)11-9(16)12(4-2)5-7(10)13/h6H,3-5H2,1-2H3,(H2,10,13)(H,11,16)(H,14,15). The first-order valence-corrected chi connectivity index (χ1v) is 4.98. The van der Waals surface area contributed by atoms with Crippen LogP contribution in [0.15, 0.2) is 0 Å². The summed E-state index contributed by atoms with van der Waals surface area (Å²) in [7, 11) is 0. The first-order valence-electron chi connectivity index (χ1n) is 4.98. The molecule has 0 aliphatic heterocycles. The Kier molecular flexibility index (Phi) is 5.91. The summed E-state index contributed by atoms with van der Waals surface area (Å²) in [5.74, 6) is -1.74. The molecule has 1 unspecified atom stereocenters. The Balaban J connectivity index is 4.40. The van der Waals surface area contributed by atoms with Gasteiger partial charge in [-0.2, -0.15) is 0 Å². The number of nitrogens with one attached hydrogen (secondary N) is 1. The lowest BCUT2D eigenvalue weighted by Gasteiger charge is -2.22. The molecule has 0 radical (unpaired) electrons. The predicted octanol–water partition coefficient (Wildman–Crippen LogP) is -0.634. The van der Waals surface area contributed by atoms with Crippen LogP contribution in [0.3, 0.4) is 0 Å². The third-order valence-corrected chi connectivity index (χ3v) is 2.02. The molecule has 0 saturated heterocycles. The Hall–Kier alpha value is -1.79. The number of likely N-dealkylation sites (N-methyl/N-ethyl adjacent to an activating group) is 1. The van der Waals surface area contributed by atoms with Crippen molar-refractivity contribution in [3.8, 4) is 0 Å². The number of carbonyl (C=O) groups excluding carboxylic acids is 2. The van der Waals surface area contributed by atoms with Crippen LogP contribution in [0.1, 0.15) is 20.3 Å². The number of carboxylic acid groups (broad SMARTS) is 1. The van der Waals surface area contributed by atoms with Gasteiger partial charge in [-0.3, -0.25) is 4.79 Å². The number of amides is 3. The molecule has 0 aromatic carbocycles. The molecular formula is C9H17N3O4. The number of primary amides is 1. The van der Waals surface area contributed by atoms with E-state index in [9.17, 15) is 14.4 Å². The summed E-state index contributed by atoms with van der Waals surface area (Å²) in [6, 6.07) is -1.55. The molecular weight excluding hydrogens is 214 g/mol. The van der Waals surface area contributed by atoms with Crippen molar-refractivity contribution in [3.63, 3.8) is 0 Å². The maximum Gasteiger partial charge on any atom is 0.326 e. The zero-order valence-electron chi connectivity index (χ0n) is 9.40. The summed E-state index contributed by atoms with van der Waals surface area (Å²) >= 11 is 0. The molecule has 0 aromatic heterocycles. The maximum atomic E-state index is 11.5. The first-order chi connectivity index (χ1) is 7.42. The SMILES string of the molecule is CCC(NC(=O)N(CC)CC(N)=O)C(=O)O. The molecule has 0 fully saturated rings. The van der Waals surface area contributed by atoms with Crippen molar-refractivity contribution in [2.24, 2.45) is 5.73 Å². The van der Waals surface area contributed by atoms with Crippen molar-refractivity contribution >= 4 is 17.9 Å². The summed E-state index contributed by atoms with van der Waals surface area (Å²) in [4.78, 5) is 34.0. The highest BCUT2D eigenvalue weighted by molar-refractivity contribution is 5.86. The maximum absolute atomic E-state index is 11.5. The van der Waals surface area contributed by atoms with Crippen molar-refractivity contribution in [2.45, 2.75) is 26.3 Å². The van der Waals surface area contributed by atoms with Crippen molar-refractivity contribution < 1.29 is 19.5 Å². The second-order valence-corrected chi connectivity index (χ2v) is 3.23. The zero-order chi connectivity index (χ0) is 12.7. The lowest BCUT2D eigenvalue weighted by Crippen LogP contribution is -2.49. The van der Waals surface area contributed by atoms with Gasteiger partial charge in [-0.05, 0) is 13.3 Å². The van der Waals surface area contributed by atoms with E-state index in [2.05, 4.69) is 5.32 Å². The number of hydrogen-bond donors (Lipinski definition) is 3. The van der Waals surface area contributed by atoms with Gasteiger partial charge in [-0.25, -0.2) is 9.59 Å². The van der Waals surface area contributed by atoms with Crippen LogP contribution in [0.4, 0.5) is 4.79 Å². The lowest BCUT2D eigenvalue weighted by atomic mass is 10.2. The van der Waals surface area contributed by atoms with Gasteiger partial charge in [0.25, 0.3) is 0 Å². The molecule has 0 aliphatic rings. The molecule has 0 aliphatic carbocycles. The molecule has 7 nitrogen and oxygen atoms in total. The van der Waals surface area contributed by atoms with E-state index in [1.54, 1.807) is 13.8 Å². The summed E-state index contributed by atoms with van der Waals surface area (Å²) in [6.45, 7) is 3.37. The lowest BCUT2D eigenvalue weighted by molar-refractivity contribution is -0.139. The number of carbonyl (C=O) groups is 3. The largest absolute Gasteiger partial charge is 0.480 e. The van der Waals surface area contributed by atoms with Crippen molar-refractivity contribution in [3.05, 3.63) is 0 Å². The second-order valence-electron chi connectivity index (χ2n) is 3.23. The highest BCUT2D eigenvalue weighted by atomic mass is 16.4. The van der Waals surface area contributed by atoms with Gasteiger partial charge in [0.1, 0.15) is 12.6 Å². The highest BCUT2D eigenvalue weighted by Crippen LogP contribution is 1.95. The first kappa shape index (κ1) is 14.2. The van der Waals surface area contributed by atoms with Crippen LogP contribution in [0.2, 0.25) is 0 Å². The van der Waals surface area contributed by atoms with E-state index in [1.807, 2.05) is 0 Å². The van der Waals surface area contributed by atoms with Gasteiger partial charge in [0.2, 0.25) is 5.91 Å². The van der Waals surface area contributed by atoms with Gasteiger partial charge < -0.3 is 21.1 Å². The van der Waals surface area contributed by atoms with Crippen molar-refractivity contribution in [2.75, 3.05) is 13.1 Å². The number of nitrogens with zero attached hydrogens (tertiary/aromatic N) is 1. The quantitative estimate of drug-likeness (QED) is 0.564. The Morgan fingerprint density at radius 2 is 1.94 bits per heavy atom. The van der Waals surface area contributed by atoms with Gasteiger partial charge in [-0.1, -0.05) is 6.92 Å². The third kappa shape index (κ3) is 4.63. The Morgan fingerprint density at radius 3 is 2.25 bits per heavy atom. The minimum Gasteiger partial charge on any atom is -0.480 e. The predicted molar refractivity (Wildman–Crippen MR) is 56.7 cm³/mol. The number of nitrogens with two attached hydrogens (primary N) is 1.